The first-order chi connectivity index (χ1) is 9.15. The molecule has 0 aliphatic rings. The maximum Gasteiger partial charge on any atom is 0.191 e. The largest absolute Gasteiger partial charge is 0.492 e. The highest BCUT2D eigenvalue weighted by molar-refractivity contribution is 7.99. The van der Waals surface area contributed by atoms with Crippen LogP contribution in [0.5, 0.6) is 5.75 Å². The topological polar surface area (TPSA) is 87.0 Å². The number of rotatable bonds is 5. The Morgan fingerprint density at radius 1 is 1.16 bits per heavy atom. The molecular weight excluding hydrogens is 260 g/mol. The predicted octanol–water partition coefficient (Wildman–Crippen LogP) is 2.12. The molecule has 0 atom stereocenters. The van der Waals surface area contributed by atoms with E-state index in [0.29, 0.717) is 23.4 Å². The van der Waals surface area contributed by atoms with Gasteiger partial charge in [-0.3, -0.25) is 0 Å². The summed E-state index contributed by atoms with van der Waals surface area (Å²) in [6.45, 7) is 2.60. The van der Waals surface area contributed by atoms with Gasteiger partial charge >= 0.3 is 0 Å². The van der Waals surface area contributed by atoms with Crippen LogP contribution >= 0.6 is 11.8 Å². The minimum absolute atomic E-state index is 0.384. The molecule has 19 heavy (non-hydrogen) atoms. The number of aryl methyl sites for hydroxylation is 1. The summed E-state index contributed by atoms with van der Waals surface area (Å²) in [6.07, 6.45) is 0. The maximum atomic E-state index is 5.68. The second kappa shape index (κ2) is 6.29. The average molecular weight is 276 g/mol. The molecule has 100 valence electrons. The van der Waals surface area contributed by atoms with Crippen molar-refractivity contribution in [2.75, 3.05) is 23.8 Å². The highest BCUT2D eigenvalue weighted by Crippen LogP contribution is 2.19. The highest BCUT2D eigenvalue weighted by atomic mass is 32.2. The van der Waals surface area contributed by atoms with Crippen LogP contribution < -0.4 is 16.2 Å². The molecule has 2 rings (SSSR count). The van der Waals surface area contributed by atoms with Gasteiger partial charge in [0.15, 0.2) is 5.16 Å². The van der Waals surface area contributed by atoms with Crippen molar-refractivity contribution in [3.05, 3.63) is 35.9 Å². The van der Waals surface area contributed by atoms with Crippen molar-refractivity contribution in [1.29, 1.82) is 0 Å². The van der Waals surface area contributed by atoms with Crippen molar-refractivity contribution in [2.24, 2.45) is 0 Å². The van der Waals surface area contributed by atoms with Gasteiger partial charge in [0.05, 0.1) is 6.61 Å². The standard InChI is InChI=1S/C13H16N4OS/c1-9-4-2-3-5-10(9)18-6-7-19-13-16-11(14)8-12(15)17-13/h2-5,8H,6-7H2,1H3,(H4,14,15,16,17). The Bertz CT molecular complexity index is 542. The summed E-state index contributed by atoms with van der Waals surface area (Å²) in [5.41, 5.74) is 12.3. The van der Waals surface area contributed by atoms with E-state index in [2.05, 4.69) is 9.97 Å². The van der Waals surface area contributed by atoms with E-state index in [4.69, 9.17) is 16.2 Å². The quantitative estimate of drug-likeness (QED) is 0.494. The third kappa shape index (κ3) is 4.03. The molecule has 0 aliphatic heterocycles. The molecule has 1 aromatic carbocycles. The third-order valence-corrected chi connectivity index (χ3v) is 3.22. The SMILES string of the molecule is Cc1ccccc1OCCSc1nc(N)cc(N)n1. The van der Waals surface area contributed by atoms with Crippen LogP contribution in [-0.2, 0) is 0 Å². The van der Waals surface area contributed by atoms with Crippen LogP contribution in [0.2, 0.25) is 0 Å². The first-order valence-electron chi connectivity index (χ1n) is 5.86. The fraction of sp³-hybridized carbons (Fsp3) is 0.231. The number of nitrogens with zero attached hydrogens (tertiary/aromatic N) is 2. The molecule has 0 amide bonds. The number of ether oxygens (including phenoxy) is 1. The molecule has 0 fully saturated rings. The van der Waals surface area contributed by atoms with Crippen LogP contribution in [0.1, 0.15) is 5.56 Å². The predicted molar refractivity (Wildman–Crippen MR) is 78.3 cm³/mol. The molecular formula is C13H16N4OS. The molecule has 6 heteroatoms. The van der Waals surface area contributed by atoms with E-state index in [9.17, 15) is 0 Å². The van der Waals surface area contributed by atoms with Gasteiger partial charge in [-0.2, -0.15) is 0 Å². The van der Waals surface area contributed by atoms with Crippen LogP contribution in [0.15, 0.2) is 35.5 Å². The van der Waals surface area contributed by atoms with E-state index in [-0.39, 0.29) is 0 Å². The van der Waals surface area contributed by atoms with Gasteiger partial charge in [-0.15, -0.1) is 0 Å². The van der Waals surface area contributed by atoms with Gasteiger partial charge in [0, 0.05) is 11.8 Å². The van der Waals surface area contributed by atoms with E-state index < -0.39 is 0 Å². The van der Waals surface area contributed by atoms with Gasteiger partial charge in [0.25, 0.3) is 0 Å². The summed E-state index contributed by atoms with van der Waals surface area (Å²) in [7, 11) is 0. The second-order valence-electron chi connectivity index (χ2n) is 3.96. The number of para-hydroxylation sites is 1. The summed E-state index contributed by atoms with van der Waals surface area (Å²) in [4.78, 5) is 8.18. The summed E-state index contributed by atoms with van der Waals surface area (Å²) >= 11 is 1.47. The van der Waals surface area contributed by atoms with E-state index in [1.165, 1.54) is 17.8 Å². The monoisotopic (exact) mass is 276 g/mol. The van der Waals surface area contributed by atoms with Crippen LogP contribution in [0.3, 0.4) is 0 Å². The number of anilines is 2. The fourth-order valence-corrected chi connectivity index (χ4v) is 2.22. The minimum Gasteiger partial charge on any atom is -0.492 e. The summed E-state index contributed by atoms with van der Waals surface area (Å²) < 4.78 is 5.68. The van der Waals surface area contributed by atoms with Gasteiger partial charge in [-0.05, 0) is 18.6 Å². The number of hydrogen-bond acceptors (Lipinski definition) is 6. The average Bonchev–Trinajstić information content (AvgIpc) is 2.35. The van der Waals surface area contributed by atoms with E-state index in [1.807, 2.05) is 31.2 Å². The molecule has 0 spiro atoms. The molecule has 1 aromatic heterocycles. The zero-order valence-corrected chi connectivity index (χ0v) is 11.5. The first-order valence-corrected chi connectivity index (χ1v) is 6.85. The molecule has 0 saturated carbocycles. The molecule has 0 unspecified atom stereocenters. The van der Waals surface area contributed by atoms with Crippen molar-refractivity contribution < 1.29 is 4.74 Å². The first kappa shape index (κ1) is 13.5. The summed E-state index contributed by atoms with van der Waals surface area (Å²) in [6, 6.07) is 9.45. The van der Waals surface area contributed by atoms with Crippen molar-refractivity contribution in [1.82, 2.24) is 9.97 Å². The fourth-order valence-electron chi connectivity index (χ4n) is 1.53. The Morgan fingerprint density at radius 3 is 2.53 bits per heavy atom. The summed E-state index contributed by atoms with van der Waals surface area (Å²) in [5.74, 6) is 2.40. The van der Waals surface area contributed by atoms with Crippen LogP contribution in [0, 0.1) is 6.92 Å². The molecule has 0 bridgehead atoms. The Labute approximate surface area is 116 Å². The van der Waals surface area contributed by atoms with E-state index >= 15 is 0 Å². The highest BCUT2D eigenvalue weighted by Gasteiger charge is 2.02. The van der Waals surface area contributed by atoms with Crippen molar-refractivity contribution >= 4 is 23.4 Å². The number of nitrogen functional groups attached to an aromatic ring is 2. The lowest BCUT2D eigenvalue weighted by molar-refractivity contribution is 0.341. The third-order valence-electron chi connectivity index (χ3n) is 2.41. The number of hydrogen-bond donors (Lipinski definition) is 2. The molecule has 5 nitrogen and oxygen atoms in total. The van der Waals surface area contributed by atoms with Crippen molar-refractivity contribution in [3.63, 3.8) is 0 Å². The number of benzene rings is 1. The van der Waals surface area contributed by atoms with E-state index in [0.717, 1.165) is 17.1 Å². The van der Waals surface area contributed by atoms with Gasteiger partial charge in [-0.1, -0.05) is 30.0 Å². The lowest BCUT2D eigenvalue weighted by atomic mass is 10.2. The van der Waals surface area contributed by atoms with Gasteiger partial charge in [0.2, 0.25) is 0 Å². The normalized spacial score (nSPS) is 10.4. The number of aromatic nitrogens is 2. The van der Waals surface area contributed by atoms with Crippen molar-refractivity contribution in [2.45, 2.75) is 12.1 Å². The number of thioether (sulfide) groups is 1. The molecule has 0 radical (unpaired) electrons. The Kier molecular flexibility index (Phi) is 4.46. The number of nitrogens with two attached hydrogens (primary N) is 2. The second-order valence-corrected chi connectivity index (χ2v) is 5.02. The Morgan fingerprint density at radius 2 is 1.84 bits per heavy atom. The lowest BCUT2D eigenvalue weighted by Crippen LogP contribution is -2.03. The van der Waals surface area contributed by atoms with Crippen LogP contribution in [0.4, 0.5) is 11.6 Å². The van der Waals surface area contributed by atoms with Gasteiger partial charge in [-0.25, -0.2) is 9.97 Å². The Hall–Kier alpha value is -1.95. The zero-order valence-electron chi connectivity index (χ0n) is 10.7. The lowest BCUT2D eigenvalue weighted by Gasteiger charge is -2.08. The molecule has 4 N–H and O–H groups in total. The molecule has 1 heterocycles. The van der Waals surface area contributed by atoms with Gasteiger partial charge in [0.1, 0.15) is 17.4 Å². The summed E-state index contributed by atoms with van der Waals surface area (Å²) in [5, 5.41) is 0.575. The maximum absolute atomic E-state index is 5.68. The Balaban J connectivity index is 1.82. The molecule has 0 aliphatic carbocycles. The molecule has 2 aromatic rings. The van der Waals surface area contributed by atoms with E-state index in [1.54, 1.807) is 0 Å². The molecule has 0 saturated heterocycles. The smallest absolute Gasteiger partial charge is 0.191 e. The van der Waals surface area contributed by atoms with Crippen LogP contribution in [-0.4, -0.2) is 22.3 Å². The zero-order chi connectivity index (χ0) is 13.7. The van der Waals surface area contributed by atoms with Gasteiger partial charge < -0.3 is 16.2 Å². The van der Waals surface area contributed by atoms with Crippen molar-refractivity contribution in [3.8, 4) is 5.75 Å². The minimum atomic E-state index is 0.384. The van der Waals surface area contributed by atoms with Crippen LogP contribution in [0.25, 0.3) is 0 Å².